The smallest absolute Gasteiger partial charge is 0.392 e. The summed E-state index contributed by atoms with van der Waals surface area (Å²) in [7, 11) is 0. The second kappa shape index (κ2) is 5.01. The van der Waals surface area contributed by atoms with E-state index in [1.807, 2.05) is 0 Å². The molecule has 0 heterocycles. The lowest BCUT2D eigenvalue weighted by Gasteiger charge is -2.31. The van der Waals surface area contributed by atoms with E-state index in [4.69, 9.17) is 0 Å². The number of hydrogen-bond acceptors (Lipinski definition) is 1. The van der Waals surface area contributed by atoms with E-state index in [-0.39, 0.29) is 5.92 Å². The molecule has 0 aliphatic heterocycles. The first-order valence-electron chi connectivity index (χ1n) is 5.34. The predicted octanol–water partition coefficient (Wildman–Crippen LogP) is 3.29. The molecule has 2 atom stereocenters. The van der Waals surface area contributed by atoms with E-state index in [1.54, 1.807) is 0 Å². The molecule has 0 saturated heterocycles. The fourth-order valence-corrected chi connectivity index (χ4v) is 2.24. The molecule has 1 nitrogen and oxygen atoms in total. The summed E-state index contributed by atoms with van der Waals surface area (Å²) in [4.78, 5) is 0. The van der Waals surface area contributed by atoms with Crippen molar-refractivity contribution in [2.75, 3.05) is 0 Å². The van der Waals surface area contributed by atoms with Gasteiger partial charge in [0.05, 0.1) is 12.0 Å². The molecule has 1 aliphatic rings. The average molecular weight is 222 g/mol. The molecule has 0 aromatic carbocycles. The fourth-order valence-electron chi connectivity index (χ4n) is 2.24. The number of aliphatic hydroxyl groups excluding tert-OH is 1. The van der Waals surface area contributed by atoms with Crippen LogP contribution >= 0.6 is 0 Å². The number of alkyl halides is 3. The van der Waals surface area contributed by atoms with Gasteiger partial charge in [0, 0.05) is 0 Å². The van der Waals surface area contributed by atoms with Gasteiger partial charge in [0.1, 0.15) is 0 Å². The molecule has 1 aliphatic carbocycles. The van der Waals surface area contributed by atoms with E-state index in [2.05, 4.69) is 6.58 Å². The van der Waals surface area contributed by atoms with Gasteiger partial charge in [-0.3, -0.25) is 0 Å². The van der Waals surface area contributed by atoms with Crippen LogP contribution in [-0.2, 0) is 0 Å². The number of halogens is 3. The molecule has 1 rings (SSSR count). The quantitative estimate of drug-likeness (QED) is 0.726. The van der Waals surface area contributed by atoms with Crippen LogP contribution in [0.15, 0.2) is 12.7 Å². The lowest BCUT2D eigenvalue weighted by Crippen LogP contribution is -2.38. The number of rotatable bonds is 3. The van der Waals surface area contributed by atoms with Crippen molar-refractivity contribution in [3.8, 4) is 0 Å². The minimum atomic E-state index is -4.38. The molecule has 0 aromatic heterocycles. The summed E-state index contributed by atoms with van der Waals surface area (Å²) < 4.78 is 37.5. The summed E-state index contributed by atoms with van der Waals surface area (Å²) in [5, 5.41) is 9.68. The Hall–Kier alpha value is -0.510. The second-order valence-electron chi connectivity index (χ2n) is 4.19. The van der Waals surface area contributed by atoms with Crippen molar-refractivity contribution in [1.29, 1.82) is 0 Å². The summed E-state index contributed by atoms with van der Waals surface area (Å²) in [5.74, 6) is -2.00. The van der Waals surface area contributed by atoms with Gasteiger partial charge in [-0.2, -0.15) is 13.2 Å². The number of hydrogen-bond donors (Lipinski definition) is 1. The van der Waals surface area contributed by atoms with Gasteiger partial charge in [-0.25, -0.2) is 0 Å². The molecule has 1 saturated carbocycles. The van der Waals surface area contributed by atoms with Gasteiger partial charge in [-0.1, -0.05) is 25.3 Å². The predicted molar refractivity (Wildman–Crippen MR) is 52.3 cm³/mol. The van der Waals surface area contributed by atoms with Crippen molar-refractivity contribution in [3.63, 3.8) is 0 Å². The first kappa shape index (κ1) is 12.6. The zero-order chi connectivity index (χ0) is 11.5. The van der Waals surface area contributed by atoms with Crippen LogP contribution in [0.2, 0.25) is 0 Å². The van der Waals surface area contributed by atoms with Crippen LogP contribution in [0.25, 0.3) is 0 Å². The molecule has 0 unspecified atom stereocenters. The highest BCUT2D eigenvalue weighted by Gasteiger charge is 2.44. The Morgan fingerprint density at radius 2 is 1.73 bits per heavy atom. The molecular formula is C11H17F3O. The topological polar surface area (TPSA) is 20.2 Å². The van der Waals surface area contributed by atoms with Crippen LogP contribution in [-0.4, -0.2) is 17.4 Å². The minimum absolute atomic E-state index is 0.219. The van der Waals surface area contributed by atoms with E-state index in [9.17, 15) is 18.3 Å². The molecule has 88 valence electrons. The van der Waals surface area contributed by atoms with Gasteiger partial charge in [0.25, 0.3) is 0 Å². The highest BCUT2D eigenvalue weighted by atomic mass is 19.4. The van der Waals surface area contributed by atoms with Crippen molar-refractivity contribution in [2.24, 2.45) is 11.8 Å². The first-order chi connectivity index (χ1) is 6.96. The first-order valence-corrected chi connectivity index (χ1v) is 5.34. The van der Waals surface area contributed by atoms with Crippen LogP contribution in [0, 0.1) is 11.8 Å². The van der Waals surface area contributed by atoms with Gasteiger partial charge in [-0.15, -0.1) is 6.58 Å². The summed E-state index contributed by atoms with van der Waals surface area (Å²) in [6, 6.07) is 0. The zero-order valence-corrected chi connectivity index (χ0v) is 8.63. The maximum Gasteiger partial charge on any atom is 0.397 e. The Balaban J connectivity index is 2.63. The van der Waals surface area contributed by atoms with Crippen LogP contribution < -0.4 is 0 Å². The Morgan fingerprint density at radius 3 is 2.13 bits per heavy atom. The van der Waals surface area contributed by atoms with Gasteiger partial charge in [0.2, 0.25) is 0 Å². The highest BCUT2D eigenvalue weighted by Crippen LogP contribution is 2.37. The maximum absolute atomic E-state index is 12.5. The summed E-state index contributed by atoms with van der Waals surface area (Å²) in [6.07, 6.45) is -0.579. The van der Waals surface area contributed by atoms with Crippen molar-refractivity contribution in [1.82, 2.24) is 0 Å². The largest absolute Gasteiger partial charge is 0.397 e. The third-order valence-electron chi connectivity index (χ3n) is 3.13. The van der Waals surface area contributed by atoms with Crippen LogP contribution in [0.5, 0.6) is 0 Å². The molecule has 0 amide bonds. The molecule has 0 aromatic rings. The van der Waals surface area contributed by atoms with Crippen LogP contribution in [0.1, 0.15) is 32.1 Å². The molecule has 0 spiro atoms. The Morgan fingerprint density at radius 1 is 1.20 bits per heavy atom. The van der Waals surface area contributed by atoms with Gasteiger partial charge in [-0.05, 0) is 18.8 Å². The standard InChI is InChI=1S/C11H17F3O/c1-2-9(11(12,13)14)10(15)8-6-4-3-5-7-8/h2,8-10,15H,1,3-7H2/t9-,10+/m1/s1. The molecule has 0 bridgehead atoms. The van der Waals surface area contributed by atoms with Crippen molar-refractivity contribution in [3.05, 3.63) is 12.7 Å². The molecule has 0 radical (unpaired) electrons. The van der Waals surface area contributed by atoms with Gasteiger partial charge in [0.15, 0.2) is 0 Å². The van der Waals surface area contributed by atoms with E-state index in [0.29, 0.717) is 12.8 Å². The lowest BCUT2D eigenvalue weighted by atomic mass is 9.80. The second-order valence-corrected chi connectivity index (χ2v) is 4.19. The summed E-state index contributed by atoms with van der Waals surface area (Å²) in [6.45, 7) is 3.16. The van der Waals surface area contributed by atoms with Crippen molar-refractivity contribution in [2.45, 2.75) is 44.4 Å². The number of aliphatic hydroxyl groups is 1. The Kier molecular flexibility index (Phi) is 4.20. The van der Waals surface area contributed by atoms with E-state index in [1.165, 1.54) is 0 Å². The third-order valence-corrected chi connectivity index (χ3v) is 3.13. The highest BCUT2D eigenvalue weighted by molar-refractivity contribution is 4.93. The molecule has 4 heteroatoms. The van der Waals surface area contributed by atoms with E-state index >= 15 is 0 Å². The normalized spacial score (nSPS) is 23.5. The molecule has 1 fully saturated rings. The minimum Gasteiger partial charge on any atom is -0.392 e. The fraction of sp³-hybridized carbons (Fsp3) is 0.818. The van der Waals surface area contributed by atoms with E-state index < -0.39 is 18.2 Å². The third kappa shape index (κ3) is 3.23. The summed E-state index contributed by atoms with van der Waals surface area (Å²) >= 11 is 0. The Labute approximate surface area is 88.0 Å². The van der Waals surface area contributed by atoms with E-state index in [0.717, 1.165) is 25.3 Å². The maximum atomic E-state index is 12.5. The van der Waals surface area contributed by atoms with Gasteiger partial charge < -0.3 is 5.11 Å². The molecule has 1 N–H and O–H groups in total. The summed E-state index contributed by atoms with van der Waals surface area (Å²) in [5.41, 5.74) is 0. The monoisotopic (exact) mass is 222 g/mol. The van der Waals surface area contributed by atoms with Crippen LogP contribution in [0.3, 0.4) is 0 Å². The average Bonchev–Trinajstić information content (AvgIpc) is 2.18. The molecule has 15 heavy (non-hydrogen) atoms. The van der Waals surface area contributed by atoms with Crippen molar-refractivity contribution < 1.29 is 18.3 Å². The molecular weight excluding hydrogens is 205 g/mol. The zero-order valence-electron chi connectivity index (χ0n) is 8.63. The van der Waals surface area contributed by atoms with Crippen molar-refractivity contribution >= 4 is 0 Å². The van der Waals surface area contributed by atoms with Crippen LogP contribution in [0.4, 0.5) is 13.2 Å². The SMILES string of the molecule is C=C[C@H]([C@@H](O)C1CCCCC1)C(F)(F)F. The Bertz CT molecular complexity index is 206. The van der Waals surface area contributed by atoms with Gasteiger partial charge >= 0.3 is 6.18 Å². The lowest BCUT2D eigenvalue weighted by molar-refractivity contribution is -0.192.